The molecule has 0 radical (unpaired) electrons. The zero-order valence-corrected chi connectivity index (χ0v) is 17.2. The molecule has 2 aliphatic rings. The summed E-state index contributed by atoms with van der Waals surface area (Å²) in [5.74, 6) is -0.747. The highest BCUT2D eigenvalue weighted by Crippen LogP contribution is 2.46. The van der Waals surface area contributed by atoms with Gasteiger partial charge in [-0.25, -0.2) is 4.79 Å². The lowest BCUT2D eigenvalue weighted by Gasteiger charge is -2.39. The van der Waals surface area contributed by atoms with Crippen molar-refractivity contribution in [2.24, 2.45) is 5.41 Å². The van der Waals surface area contributed by atoms with Crippen LogP contribution in [0.2, 0.25) is 5.02 Å². The van der Waals surface area contributed by atoms with E-state index in [9.17, 15) is 9.59 Å². The maximum Gasteiger partial charge on any atom is 0.337 e. The van der Waals surface area contributed by atoms with E-state index in [1.165, 1.54) is 0 Å². The minimum absolute atomic E-state index is 0.0797. The van der Waals surface area contributed by atoms with E-state index < -0.39 is 5.92 Å². The second kappa shape index (κ2) is 7.16. The zero-order chi connectivity index (χ0) is 19.9. The van der Waals surface area contributed by atoms with Crippen LogP contribution in [0.25, 0.3) is 0 Å². The lowest BCUT2D eigenvalue weighted by molar-refractivity contribution is -0.143. The van der Waals surface area contributed by atoms with Gasteiger partial charge in [-0.2, -0.15) is 0 Å². The van der Waals surface area contributed by atoms with Crippen LogP contribution in [-0.2, 0) is 14.3 Å². The summed E-state index contributed by atoms with van der Waals surface area (Å²) < 4.78 is 5.49. The van der Waals surface area contributed by atoms with E-state index in [2.05, 4.69) is 19.2 Å². The maximum atomic E-state index is 13.1. The molecule has 1 N–H and O–H groups in total. The molecule has 3 rings (SSSR count). The molecule has 0 fully saturated rings. The van der Waals surface area contributed by atoms with E-state index in [1.807, 2.05) is 32.9 Å². The van der Waals surface area contributed by atoms with Gasteiger partial charge in [0.25, 0.3) is 0 Å². The number of hydrogen-bond acceptors (Lipinski definition) is 4. The Kier molecular flexibility index (Phi) is 5.22. The lowest BCUT2D eigenvalue weighted by atomic mass is 9.68. The van der Waals surface area contributed by atoms with Crippen molar-refractivity contribution in [2.45, 2.75) is 59.5 Å². The number of esters is 1. The molecule has 27 heavy (non-hydrogen) atoms. The monoisotopic (exact) mass is 387 g/mol. The Hall–Kier alpha value is -2.07. The largest absolute Gasteiger partial charge is 0.460 e. The second-order valence-corrected chi connectivity index (χ2v) is 8.87. The van der Waals surface area contributed by atoms with Crippen LogP contribution < -0.4 is 5.32 Å². The van der Waals surface area contributed by atoms with Crippen molar-refractivity contribution in [3.63, 3.8) is 0 Å². The molecule has 1 aromatic carbocycles. The molecule has 1 aliphatic heterocycles. The summed E-state index contributed by atoms with van der Waals surface area (Å²) in [5, 5.41) is 3.95. The Morgan fingerprint density at radius 2 is 1.85 bits per heavy atom. The van der Waals surface area contributed by atoms with E-state index in [0.717, 1.165) is 23.4 Å². The zero-order valence-electron chi connectivity index (χ0n) is 16.5. The first-order valence-corrected chi connectivity index (χ1v) is 9.67. The molecule has 0 saturated heterocycles. The fraction of sp³-hybridized carbons (Fsp3) is 0.455. The molecule has 0 bridgehead atoms. The third-order valence-electron chi connectivity index (χ3n) is 5.01. The van der Waals surface area contributed by atoms with Crippen molar-refractivity contribution >= 4 is 23.4 Å². The van der Waals surface area contributed by atoms with E-state index >= 15 is 0 Å². The van der Waals surface area contributed by atoms with E-state index in [4.69, 9.17) is 16.3 Å². The van der Waals surface area contributed by atoms with Gasteiger partial charge >= 0.3 is 5.97 Å². The number of dihydropyridines is 1. The van der Waals surface area contributed by atoms with Gasteiger partial charge < -0.3 is 10.1 Å². The number of hydrogen-bond donors (Lipinski definition) is 1. The lowest BCUT2D eigenvalue weighted by Crippen LogP contribution is -2.39. The van der Waals surface area contributed by atoms with Gasteiger partial charge in [0, 0.05) is 34.3 Å². The summed E-state index contributed by atoms with van der Waals surface area (Å²) in [7, 11) is 0. The number of benzene rings is 1. The van der Waals surface area contributed by atoms with Crippen molar-refractivity contribution in [3.05, 3.63) is 57.4 Å². The molecule has 5 heteroatoms. The maximum absolute atomic E-state index is 13.1. The van der Waals surface area contributed by atoms with Crippen molar-refractivity contribution in [1.29, 1.82) is 0 Å². The molecular formula is C22H26ClNO3. The first-order chi connectivity index (χ1) is 12.6. The molecule has 0 aromatic heterocycles. The van der Waals surface area contributed by atoms with E-state index in [0.29, 0.717) is 22.6 Å². The Bertz CT molecular complexity index is 847. The molecular weight excluding hydrogens is 362 g/mol. The van der Waals surface area contributed by atoms with Crippen LogP contribution in [0.1, 0.15) is 58.9 Å². The highest BCUT2D eigenvalue weighted by molar-refractivity contribution is 6.30. The van der Waals surface area contributed by atoms with Gasteiger partial charge in [0.1, 0.15) is 0 Å². The Morgan fingerprint density at radius 1 is 1.22 bits per heavy atom. The normalized spacial score (nSPS) is 21.9. The predicted molar refractivity (Wildman–Crippen MR) is 106 cm³/mol. The molecule has 0 spiro atoms. The molecule has 1 aromatic rings. The summed E-state index contributed by atoms with van der Waals surface area (Å²) in [6, 6.07) is 7.34. The van der Waals surface area contributed by atoms with Crippen LogP contribution in [0, 0.1) is 5.41 Å². The molecule has 1 aliphatic carbocycles. The highest BCUT2D eigenvalue weighted by atomic mass is 35.5. The number of halogens is 1. The number of ketones is 1. The van der Waals surface area contributed by atoms with Gasteiger partial charge in [-0.05, 0) is 50.3 Å². The van der Waals surface area contributed by atoms with E-state index in [-0.39, 0.29) is 23.3 Å². The average Bonchev–Trinajstić information content (AvgIpc) is 2.52. The molecule has 4 nitrogen and oxygen atoms in total. The third kappa shape index (κ3) is 3.96. The Balaban J connectivity index is 2.15. The molecule has 0 saturated carbocycles. The van der Waals surface area contributed by atoms with Gasteiger partial charge in [0.15, 0.2) is 5.78 Å². The van der Waals surface area contributed by atoms with Crippen molar-refractivity contribution in [3.8, 4) is 0 Å². The summed E-state index contributed by atoms with van der Waals surface area (Å²) in [6.07, 6.45) is 0.991. The topological polar surface area (TPSA) is 55.4 Å². The summed E-state index contributed by atoms with van der Waals surface area (Å²) in [6.45, 7) is 9.70. The molecule has 0 unspecified atom stereocenters. The Labute approximate surface area is 165 Å². The SMILES string of the molecule is CC1=C(C(=O)OC(C)C)[C@H](c2ccc(Cl)cc2)C2=C(CC(C)(C)CC2=O)N1. The van der Waals surface area contributed by atoms with Crippen LogP contribution in [0.4, 0.5) is 0 Å². The van der Waals surface area contributed by atoms with Gasteiger partial charge in [-0.1, -0.05) is 37.6 Å². The van der Waals surface area contributed by atoms with E-state index in [1.54, 1.807) is 12.1 Å². The van der Waals surface area contributed by atoms with Crippen LogP contribution in [0.5, 0.6) is 0 Å². The second-order valence-electron chi connectivity index (χ2n) is 8.44. The van der Waals surface area contributed by atoms with Gasteiger partial charge in [0.2, 0.25) is 0 Å². The first-order valence-electron chi connectivity index (χ1n) is 9.29. The number of allylic oxidation sites excluding steroid dienone is 3. The Morgan fingerprint density at radius 3 is 2.44 bits per heavy atom. The van der Waals surface area contributed by atoms with Crippen molar-refractivity contribution in [1.82, 2.24) is 5.32 Å². The fourth-order valence-electron chi connectivity index (χ4n) is 3.97. The molecule has 1 atom stereocenters. The molecule has 0 amide bonds. The quantitative estimate of drug-likeness (QED) is 0.750. The molecule has 144 valence electrons. The van der Waals surface area contributed by atoms with Crippen LogP contribution in [0.3, 0.4) is 0 Å². The average molecular weight is 388 g/mol. The number of Topliss-reactive ketones (excluding diaryl/α,β-unsaturated/α-hetero) is 1. The fourth-order valence-corrected chi connectivity index (χ4v) is 4.10. The summed E-state index contributed by atoms with van der Waals surface area (Å²) in [5.41, 5.74) is 3.59. The summed E-state index contributed by atoms with van der Waals surface area (Å²) >= 11 is 6.06. The standard InChI is InChI=1S/C22H26ClNO3/c1-12(2)27-21(26)18-13(3)24-16-10-22(4,5)11-17(25)20(16)19(18)14-6-8-15(23)9-7-14/h6-9,12,19,24H,10-11H2,1-5H3/t19-/m0/s1. The van der Waals surface area contributed by atoms with Crippen LogP contribution in [-0.4, -0.2) is 17.9 Å². The van der Waals surface area contributed by atoms with Crippen LogP contribution in [0.15, 0.2) is 46.8 Å². The van der Waals surface area contributed by atoms with Gasteiger partial charge in [-0.3, -0.25) is 4.79 Å². The first kappa shape index (κ1) is 19.7. The number of carbonyl (C=O) groups excluding carboxylic acids is 2. The molecule has 1 heterocycles. The minimum Gasteiger partial charge on any atom is -0.460 e. The van der Waals surface area contributed by atoms with Crippen molar-refractivity contribution < 1.29 is 14.3 Å². The minimum atomic E-state index is -0.437. The van der Waals surface area contributed by atoms with Crippen molar-refractivity contribution in [2.75, 3.05) is 0 Å². The summed E-state index contributed by atoms with van der Waals surface area (Å²) in [4.78, 5) is 26.0. The smallest absolute Gasteiger partial charge is 0.337 e. The number of ether oxygens (including phenoxy) is 1. The predicted octanol–water partition coefficient (Wildman–Crippen LogP) is 4.90. The number of nitrogens with one attached hydrogen (secondary N) is 1. The highest BCUT2D eigenvalue weighted by Gasteiger charge is 2.43. The number of rotatable bonds is 3. The number of carbonyl (C=O) groups is 2. The van der Waals surface area contributed by atoms with Gasteiger partial charge in [-0.15, -0.1) is 0 Å². The third-order valence-corrected chi connectivity index (χ3v) is 5.26. The van der Waals surface area contributed by atoms with Crippen LogP contribution >= 0.6 is 11.6 Å². The van der Waals surface area contributed by atoms with Gasteiger partial charge in [0.05, 0.1) is 11.7 Å².